The Balaban J connectivity index is 1.42. The predicted octanol–water partition coefficient (Wildman–Crippen LogP) is 4.54. The fraction of sp³-hybridized carbons (Fsp3) is 0.409. The average molecular weight is 491 g/mol. The molecule has 4 rings (SSSR count). The lowest BCUT2D eigenvalue weighted by atomic mass is 9.97. The van der Waals surface area contributed by atoms with Crippen LogP contribution in [0.3, 0.4) is 0 Å². The number of hydrogen-bond acceptors (Lipinski definition) is 7. The summed E-state index contributed by atoms with van der Waals surface area (Å²) in [6, 6.07) is 3.99. The molecule has 0 bridgehead atoms. The van der Waals surface area contributed by atoms with Crippen molar-refractivity contribution in [3.8, 4) is 10.6 Å². The first-order chi connectivity index (χ1) is 15.2. The van der Waals surface area contributed by atoms with Crippen molar-refractivity contribution in [1.82, 2.24) is 14.5 Å². The Morgan fingerprint density at radius 2 is 1.75 bits per heavy atom. The van der Waals surface area contributed by atoms with Crippen molar-refractivity contribution in [1.29, 1.82) is 0 Å². The molecule has 1 fully saturated rings. The summed E-state index contributed by atoms with van der Waals surface area (Å²) in [4.78, 5) is 13.2. The zero-order valence-electron chi connectivity index (χ0n) is 18.5. The molecule has 32 heavy (non-hydrogen) atoms. The van der Waals surface area contributed by atoms with Gasteiger partial charge in [0.25, 0.3) is 0 Å². The third kappa shape index (κ3) is 4.36. The lowest BCUT2D eigenvalue weighted by Gasteiger charge is -2.31. The summed E-state index contributed by atoms with van der Waals surface area (Å²) >= 11 is 2.92. The fourth-order valence-electron chi connectivity index (χ4n) is 4.04. The fourth-order valence-corrected chi connectivity index (χ4v) is 7.54. The molecule has 0 saturated carbocycles. The minimum absolute atomic E-state index is 0.131. The number of aromatic nitrogens is 2. The molecular weight excluding hydrogens is 464 g/mol. The lowest BCUT2D eigenvalue weighted by molar-refractivity contribution is -0.120. The number of amides is 1. The second-order valence-electron chi connectivity index (χ2n) is 8.18. The maximum atomic E-state index is 13.4. The molecule has 1 saturated heterocycles. The van der Waals surface area contributed by atoms with Gasteiger partial charge in [0.15, 0.2) is 0 Å². The van der Waals surface area contributed by atoms with Gasteiger partial charge in [-0.25, -0.2) is 8.42 Å². The number of hydrogen-bond donors (Lipinski definition) is 1. The monoisotopic (exact) mass is 490 g/mol. The van der Waals surface area contributed by atoms with E-state index in [2.05, 4.69) is 15.5 Å². The lowest BCUT2D eigenvalue weighted by Crippen LogP contribution is -2.41. The number of sulfonamides is 1. The molecule has 170 valence electrons. The molecule has 0 aliphatic carbocycles. The predicted molar refractivity (Wildman–Crippen MR) is 129 cm³/mol. The number of thiophene rings is 1. The van der Waals surface area contributed by atoms with Crippen LogP contribution >= 0.6 is 22.7 Å². The molecule has 0 unspecified atom stereocenters. The zero-order valence-corrected chi connectivity index (χ0v) is 21.0. The molecule has 1 aromatic carbocycles. The molecule has 7 nitrogen and oxygen atoms in total. The van der Waals surface area contributed by atoms with Crippen molar-refractivity contribution in [3.05, 3.63) is 45.1 Å². The Bertz CT molecular complexity index is 1220. The third-order valence-corrected chi connectivity index (χ3v) is 9.89. The molecule has 0 spiro atoms. The van der Waals surface area contributed by atoms with E-state index in [1.807, 2.05) is 50.6 Å². The van der Waals surface area contributed by atoms with Crippen molar-refractivity contribution >= 4 is 43.7 Å². The molecule has 1 N–H and O–H groups in total. The number of carbonyl (C=O) groups excluding carboxylic acids is 1. The molecule has 0 radical (unpaired) electrons. The summed E-state index contributed by atoms with van der Waals surface area (Å²) in [5.74, 6) is -0.384. The van der Waals surface area contributed by atoms with Gasteiger partial charge in [-0.3, -0.25) is 4.79 Å². The van der Waals surface area contributed by atoms with E-state index in [4.69, 9.17) is 0 Å². The van der Waals surface area contributed by atoms with Gasteiger partial charge in [-0.05, 0) is 74.2 Å². The van der Waals surface area contributed by atoms with Crippen molar-refractivity contribution in [3.63, 3.8) is 0 Å². The highest BCUT2D eigenvalue weighted by Gasteiger charge is 2.34. The highest BCUT2D eigenvalue weighted by molar-refractivity contribution is 7.89. The Hall–Kier alpha value is -2.14. The standard InChI is InChI=1S/C22H26N4O3S3/c1-13-11-14(2)16(4)19(15(13)3)32(28,29)26-8-5-17(6-9-26)20(27)23-22-25-24-21(31-22)18-7-10-30-12-18/h7,10-12,17H,5-6,8-9H2,1-4H3,(H,23,25,27). The minimum Gasteiger partial charge on any atom is -0.300 e. The van der Waals surface area contributed by atoms with E-state index >= 15 is 0 Å². The molecule has 1 amide bonds. The van der Waals surface area contributed by atoms with Crippen molar-refractivity contribution in [2.24, 2.45) is 5.92 Å². The highest BCUT2D eigenvalue weighted by Crippen LogP contribution is 2.32. The Morgan fingerprint density at radius 3 is 2.34 bits per heavy atom. The van der Waals surface area contributed by atoms with Crippen LogP contribution in [0.15, 0.2) is 27.8 Å². The van der Waals surface area contributed by atoms with Crippen LogP contribution in [0.4, 0.5) is 5.13 Å². The first kappa shape index (κ1) is 23.0. The van der Waals surface area contributed by atoms with E-state index in [1.54, 1.807) is 11.3 Å². The molecule has 0 atom stereocenters. The van der Waals surface area contributed by atoms with Gasteiger partial charge in [0.05, 0.1) is 4.90 Å². The smallest absolute Gasteiger partial charge is 0.243 e. The Morgan fingerprint density at radius 1 is 1.09 bits per heavy atom. The first-order valence-electron chi connectivity index (χ1n) is 10.4. The second kappa shape index (κ2) is 9.01. The van der Waals surface area contributed by atoms with Crippen LogP contribution < -0.4 is 5.32 Å². The molecule has 2 aromatic heterocycles. The SMILES string of the molecule is Cc1cc(C)c(C)c(S(=O)(=O)N2CCC(C(=O)Nc3nnc(-c4ccsc4)s3)CC2)c1C. The normalized spacial score (nSPS) is 15.8. The van der Waals surface area contributed by atoms with Gasteiger partial charge in [-0.1, -0.05) is 17.4 Å². The number of rotatable bonds is 5. The number of anilines is 1. The zero-order chi connectivity index (χ0) is 23.0. The number of nitrogens with zero attached hydrogens (tertiary/aromatic N) is 3. The van der Waals surface area contributed by atoms with Crippen LogP contribution in [-0.4, -0.2) is 41.9 Å². The van der Waals surface area contributed by atoms with Crippen LogP contribution in [0.1, 0.15) is 35.1 Å². The molecule has 10 heteroatoms. The van der Waals surface area contributed by atoms with Gasteiger partial charge >= 0.3 is 0 Å². The first-order valence-corrected chi connectivity index (χ1v) is 13.6. The average Bonchev–Trinajstić information content (AvgIpc) is 3.44. The van der Waals surface area contributed by atoms with Gasteiger partial charge in [0, 0.05) is 30.0 Å². The molecule has 1 aliphatic rings. The molecule has 3 aromatic rings. The number of aryl methyl sites for hydroxylation is 2. The third-order valence-electron chi connectivity index (χ3n) is 6.14. The van der Waals surface area contributed by atoms with Gasteiger partial charge in [-0.2, -0.15) is 15.6 Å². The number of nitrogens with one attached hydrogen (secondary N) is 1. The topological polar surface area (TPSA) is 92.3 Å². The molecular formula is C22H26N4O3S3. The van der Waals surface area contributed by atoms with E-state index in [9.17, 15) is 13.2 Å². The summed E-state index contributed by atoms with van der Waals surface area (Å²) in [6.45, 7) is 8.25. The minimum atomic E-state index is -3.62. The molecule has 1 aliphatic heterocycles. The second-order valence-corrected chi connectivity index (χ2v) is 11.8. The van der Waals surface area contributed by atoms with Gasteiger partial charge in [0.1, 0.15) is 5.01 Å². The van der Waals surface area contributed by atoms with E-state index in [-0.39, 0.29) is 11.8 Å². The number of benzene rings is 1. The summed E-state index contributed by atoms with van der Waals surface area (Å²) in [7, 11) is -3.62. The van der Waals surface area contributed by atoms with Crippen LogP contribution in [0.25, 0.3) is 10.6 Å². The van der Waals surface area contributed by atoms with Crippen LogP contribution in [-0.2, 0) is 14.8 Å². The largest absolute Gasteiger partial charge is 0.300 e. The van der Waals surface area contributed by atoms with Gasteiger partial charge in [0.2, 0.25) is 21.1 Å². The van der Waals surface area contributed by atoms with Crippen LogP contribution in [0, 0.1) is 33.6 Å². The quantitative estimate of drug-likeness (QED) is 0.567. The van der Waals surface area contributed by atoms with Crippen molar-refractivity contribution in [2.75, 3.05) is 18.4 Å². The van der Waals surface area contributed by atoms with E-state index < -0.39 is 10.0 Å². The summed E-state index contributed by atoms with van der Waals surface area (Å²) in [5.41, 5.74) is 4.53. The highest BCUT2D eigenvalue weighted by atomic mass is 32.2. The summed E-state index contributed by atoms with van der Waals surface area (Å²) in [6.07, 6.45) is 0.953. The Kier molecular flexibility index (Phi) is 6.49. The van der Waals surface area contributed by atoms with E-state index in [1.165, 1.54) is 15.6 Å². The van der Waals surface area contributed by atoms with Crippen molar-refractivity contribution in [2.45, 2.75) is 45.4 Å². The molecule has 3 heterocycles. The maximum absolute atomic E-state index is 13.4. The summed E-state index contributed by atoms with van der Waals surface area (Å²) in [5, 5.41) is 16.3. The van der Waals surface area contributed by atoms with Gasteiger partial charge < -0.3 is 5.32 Å². The maximum Gasteiger partial charge on any atom is 0.243 e. The number of piperidine rings is 1. The van der Waals surface area contributed by atoms with Gasteiger partial charge in [-0.15, -0.1) is 10.2 Å². The van der Waals surface area contributed by atoms with E-state index in [0.717, 1.165) is 32.8 Å². The number of carbonyl (C=O) groups is 1. The van der Waals surface area contributed by atoms with Crippen LogP contribution in [0.5, 0.6) is 0 Å². The van der Waals surface area contributed by atoms with Crippen molar-refractivity contribution < 1.29 is 13.2 Å². The van der Waals surface area contributed by atoms with E-state index in [0.29, 0.717) is 36.0 Å². The Labute approximate surface area is 196 Å². The van der Waals surface area contributed by atoms with Crippen LogP contribution in [0.2, 0.25) is 0 Å². The summed E-state index contributed by atoms with van der Waals surface area (Å²) < 4.78 is 28.4.